The van der Waals surface area contributed by atoms with Crippen LogP contribution in [0.5, 0.6) is 0 Å². The van der Waals surface area contributed by atoms with Gasteiger partial charge in [0.2, 0.25) is 11.8 Å². The number of nitrogens with one attached hydrogen (secondary N) is 1. The van der Waals surface area contributed by atoms with E-state index in [1.165, 1.54) is 0 Å². The molecule has 2 rings (SSSR count). The molecular formula is C15H18N2O2. The first-order valence-corrected chi connectivity index (χ1v) is 6.46. The molecule has 1 aromatic rings. The molecule has 0 aliphatic carbocycles. The van der Waals surface area contributed by atoms with Gasteiger partial charge < -0.3 is 10.2 Å². The van der Waals surface area contributed by atoms with Gasteiger partial charge >= 0.3 is 0 Å². The molecule has 0 aromatic heterocycles. The molecule has 0 saturated carbocycles. The van der Waals surface area contributed by atoms with E-state index in [9.17, 15) is 9.59 Å². The first kappa shape index (κ1) is 13.3. The van der Waals surface area contributed by atoms with Crippen LogP contribution in [-0.4, -0.2) is 29.8 Å². The lowest BCUT2D eigenvalue weighted by Gasteiger charge is -2.23. The maximum atomic E-state index is 12.5. The van der Waals surface area contributed by atoms with Crippen molar-refractivity contribution in [2.75, 3.05) is 13.1 Å². The summed E-state index contributed by atoms with van der Waals surface area (Å²) in [4.78, 5) is 25.9. The highest BCUT2D eigenvalue weighted by atomic mass is 16.2. The summed E-state index contributed by atoms with van der Waals surface area (Å²) in [5, 5.41) is 2.80. The first-order valence-electron chi connectivity index (χ1n) is 6.46. The van der Waals surface area contributed by atoms with Gasteiger partial charge in [-0.3, -0.25) is 9.59 Å². The predicted molar refractivity (Wildman–Crippen MR) is 73.3 cm³/mol. The van der Waals surface area contributed by atoms with Crippen LogP contribution >= 0.6 is 0 Å². The SMILES string of the molecule is C=CCCN1CCC(=O)NC(c2ccccc2)C1=O. The van der Waals surface area contributed by atoms with Crippen molar-refractivity contribution in [2.45, 2.75) is 18.9 Å². The highest BCUT2D eigenvalue weighted by molar-refractivity contribution is 5.90. The Bertz CT molecular complexity index is 470. The zero-order valence-corrected chi connectivity index (χ0v) is 10.8. The maximum absolute atomic E-state index is 12.5. The molecule has 1 aromatic carbocycles. The Morgan fingerprint density at radius 1 is 1.32 bits per heavy atom. The Kier molecular flexibility index (Phi) is 4.34. The van der Waals surface area contributed by atoms with Crippen molar-refractivity contribution in [1.82, 2.24) is 10.2 Å². The molecule has 1 fully saturated rings. The summed E-state index contributed by atoms with van der Waals surface area (Å²) < 4.78 is 0. The summed E-state index contributed by atoms with van der Waals surface area (Å²) >= 11 is 0. The van der Waals surface area contributed by atoms with Crippen molar-refractivity contribution in [1.29, 1.82) is 0 Å². The third-order valence-electron chi connectivity index (χ3n) is 3.21. The monoisotopic (exact) mass is 258 g/mol. The summed E-state index contributed by atoms with van der Waals surface area (Å²) in [6, 6.07) is 8.78. The molecule has 19 heavy (non-hydrogen) atoms. The molecule has 0 spiro atoms. The van der Waals surface area contributed by atoms with E-state index in [-0.39, 0.29) is 11.8 Å². The average Bonchev–Trinajstić information content (AvgIpc) is 2.58. The van der Waals surface area contributed by atoms with Gasteiger partial charge in [-0.25, -0.2) is 0 Å². The van der Waals surface area contributed by atoms with Crippen LogP contribution in [0.25, 0.3) is 0 Å². The Morgan fingerprint density at radius 3 is 2.74 bits per heavy atom. The largest absolute Gasteiger partial charge is 0.340 e. The lowest BCUT2D eigenvalue weighted by atomic mass is 10.1. The topological polar surface area (TPSA) is 49.4 Å². The minimum absolute atomic E-state index is 0.0427. The molecule has 0 radical (unpaired) electrons. The first-order chi connectivity index (χ1) is 9.22. The fraction of sp³-hybridized carbons (Fsp3) is 0.333. The van der Waals surface area contributed by atoms with Crippen LogP contribution in [0, 0.1) is 0 Å². The van der Waals surface area contributed by atoms with Crippen LogP contribution in [-0.2, 0) is 9.59 Å². The van der Waals surface area contributed by atoms with Crippen LogP contribution in [0.3, 0.4) is 0 Å². The molecule has 4 heteroatoms. The second kappa shape index (κ2) is 6.18. The van der Waals surface area contributed by atoms with Gasteiger partial charge in [-0.05, 0) is 12.0 Å². The van der Waals surface area contributed by atoms with E-state index in [1.807, 2.05) is 30.3 Å². The highest BCUT2D eigenvalue weighted by Crippen LogP contribution is 2.19. The van der Waals surface area contributed by atoms with Gasteiger partial charge in [-0.1, -0.05) is 36.4 Å². The number of carbonyl (C=O) groups excluding carboxylic acids is 2. The Morgan fingerprint density at radius 2 is 2.05 bits per heavy atom. The number of hydrogen-bond donors (Lipinski definition) is 1. The standard InChI is InChI=1S/C15H18N2O2/c1-2-3-10-17-11-9-13(18)16-14(15(17)19)12-7-5-4-6-8-12/h2,4-8,14H,1,3,9-11H2,(H,16,18). The molecule has 1 atom stereocenters. The zero-order valence-electron chi connectivity index (χ0n) is 10.8. The van der Waals surface area contributed by atoms with Crippen LogP contribution in [0.15, 0.2) is 43.0 Å². The van der Waals surface area contributed by atoms with Crippen molar-refractivity contribution < 1.29 is 9.59 Å². The number of rotatable bonds is 4. The van der Waals surface area contributed by atoms with Crippen molar-refractivity contribution in [2.24, 2.45) is 0 Å². The molecule has 1 aliphatic heterocycles. The van der Waals surface area contributed by atoms with E-state index in [1.54, 1.807) is 11.0 Å². The summed E-state index contributed by atoms with van der Waals surface area (Å²) in [5.41, 5.74) is 0.825. The molecule has 0 bridgehead atoms. The van der Waals surface area contributed by atoms with E-state index < -0.39 is 6.04 Å². The van der Waals surface area contributed by atoms with E-state index >= 15 is 0 Å². The fourth-order valence-corrected chi connectivity index (χ4v) is 2.16. The molecule has 1 saturated heterocycles. The Labute approximate surface area is 113 Å². The van der Waals surface area contributed by atoms with Crippen molar-refractivity contribution in [3.8, 4) is 0 Å². The van der Waals surface area contributed by atoms with Crippen LogP contribution in [0.2, 0.25) is 0 Å². The minimum atomic E-state index is -0.569. The van der Waals surface area contributed by atoms with E-state index in [2.05, 4.69) is 11.9 Å². The van der Waals surface area contributed by atoms with Crippen molar-refractivity contribution in [3.63, 3.8) is 0 Å². The van der Waals surface area contributed by atoms with E-state index in [0.29, 0.717) is 19.5 Å². The smallest absolute Gasteiger partial charge is 0.249 e. The summed E-state index contributed by atoms with van der Waals surface area (Å²) in [6.45, 7) is 4.75. The number of hydrogen-bond acceptors (Lipinski definition) is 2. The third-order valence-corrected chi connectivity index (χ3v) is 3.21. The van der Waals surface area contributed by atoms with Gasteiger partial charge in [-0.15, -0.1) is 6.58 Å². The number of carbonyl (C=O) groups is 2. The Balaban J connectivity index is 2.22. The van der Waals surface area contributed by atoms with Gasteiger partial charge in [0.15, 0.2) is 0 Å². The van der Waals surface area contributed by atoms with Crippen LogP contribution in [0.1, 0.15) is 24.4 Å². The van der Waals surface area contributed by atoms with Crippen molar-refractivity contribution >= 4 is 11.8 Å². The molecule has 1 heterocycles. The van der Waals surface area contributed by atoms with Crippen LogP contribution in [0.4, 0.5) is 0 Å². The van der Waals surface area contributed by atoms with Gasteiger partial charge in [0.25, 0.3) is 0 Å². The third kappa shape index (κ3) is 3.22. The van der Waals surface area contributed by atoms with Gasteiger partial charge in [0.05, 0.1) is 0 Å². The van der Waals surface area contributed by atoms with Crippen molar-refractivity contribution in [3.05, 3.63) is 48.6 Å². The number of nitrogens with zero attached hydrogens (tertiary/aromatic N) is 1. The molecule has 4 nitrogen and oxygen atoms in total. The fourth-order valence-electron chi connectivity index (χ4n) is 2.16. The maximum Gasteiger partial charge on any atom is 0.249 e. The van der Waals surface area contributed by atoms with Gasteiger partial charge in [0, 0.05) is 19.5 Å². The molecule has 1 N–H and O–H groups in total. The lowest BCUT2D eigenvalue weighted by Crippen LogP contribution is -2.38. The quantitative estimate of drug-likeness (QED) is 0.835. The van der Waals surface area contributed by atoms with Crippen LogP contribution < -0.4 is 5.32 Å². The molecule has 1 unspecified atom stereocenters. The highest BCUT2D eigenvalue weighted by Gasteiger charge is 2.30. The Hall–Kier alpha value is -2.10. The zero-order chi connectivity index (χ0) is 13.7. The molecule has 1 aliphatic rings. The summed E-state index contributed by atoms with van der Waals surface area (Å²) in [5.74, 6) is -0.123. The average molecular weight is 258 g/mol. The molecule has 100 valence electrons. The molecule has 2 amide bonds. The minimum Gasteiger partial charge on any atom is -0.340 e. The van der Waals surface area contributed by atoms with E-state index in [4.69, 9.17) is 0 Å². The number of benzene rings is 1. The lowest BCUT2D eigenvalue weighted by molar-refractivity contribution is -0.133. The van der Waals surface area contributed by atoms with E-state index in [0.717, 1.165) is 12.0 Å². The molecular weight excluding hydrogens is 240 g/mol. The van der Waals surface area contributed by atoms with Gasteiger partial charge in [-0.2, -0.15) is 0 Å². The summed E-state index contributed by atoms with van der Waals surface area (Å²) in [6.07, 6.45) is 2.87. The number of amides is 2. The summed E-state index contributed by atoms with van der Waals surface area (Å²) in [7, 11) is 0. The normalized spacial score (nSPS) is 19.8. The second-order valence-electron chi connectivity index (χ2n) is 4.56. The second-order valence-corrected chi connectivity index (χ2v) is 4.56. The predicted octanol–water partition coefficient (Wildman–Crippen LogP) is 1.65. The van der Waals surface area contributed by atoms with Gasteiger partial charge in [0.1, 0.15) is 6.04 Å².